The molecule has 0 aliphatic heterocycles. The standard InChI is InChI=1S/C29H28F6O6.C8H8O3/c1-18-15-22(16-19(2)25(18)40-14-13-39-24-11-7-21(8-12-24)26(36)38-4)27(28(30,31)32,29(33,34)35)41-17-20-5-9-23(37-3)10-6-20;1-11-8(10)6-2-4-7(9)5-3-6/h5-12,15-16H,13-14,17H2,1-4H3;2-5,9H,1H3. The van der Waals surface area contributed by atoms with Gasteiger partial charge in [0.2, 0.25) is 0 Å². The Labute approximate surface area is 295 Å². The van der Waals surface area contributed by atoms with Crippen molar-refractivity contribution in [2.75, 3.05) is 34.5 Å². The van der Waals surface area contributed by atoms with E-state index in [1.165, 1.54) is 108 Å². The fraction of sp³-hybridized carbons (Fsp3) is 0.297. The van der Waals surface area contributed by atoms with E-state index in [9.17, 15) is 35.9 Å². The van der Waals surface area contributed by atoms with Crippen LogP contribution in [-0.2, 0) is 26.4 Å². The summed E-state index contributed by atoms with van der Waals surface area (Å²) in [5, 5.41) is 8.86. The highest BCUT2D eigenvalue weighted by atomic mass is 19.4. The first-order chi connectivity index (χ1) is 24.5. The number of benzene rings is 4. The number of phenolic OH excluding ortho intramolecular Hbond substituents is 1. The monoisotopic (exact) mass is 738 g/mol. The van der Waals surface area contributed by atoms with Gasteiger partial charge in [-0.1, -0.05) is 12.1 Å². The van der Waals surface area contributed by atoms with Crippen molar-refractivity contribution >= 4 is 11.9 Å². The maximum Gasteiger partial charge on any atom is 0.430 e. The quantitative estimate of drug-likeness (QED) is 0.0873. The fourth-order valence-electron chi connectivity index (χ4n) is 4.85. The van der Waals surface area contributed by atoms with Gasteiger partial charge in [-0.3, -0.25) is 0 Å². The molecule has 0 amide bonds. The van der Waals surface area contributed by atoms with E-state index in [-0.39, 0.29) is 41.4 Å². The summed E-state index contributed by atoms with van der Waals surface area (Å²) < 4.78 is 116. The second-order valence-corrected chi connectivity index (χ2v) is 11.0. The lowest BCUT2D eigenvalue weighted by atomic mass is 9.88. The minimum Gasteiger partial charge on any atom is -0.508 e. The summed E-state index contributed by atoms with van der Waals surface area (Å²) in [6.07, 6.45) is -11.7. The molecule has 0 saturated heterocycles. The highest BCUT2D eigenvalue weighted by molar-refractivity contribution is 5.89. The van der Waals surface area contributed by atoms with Crippen molar-refractivity contribution in [3.63, 3.8) is 0 Å². The number of hydrogen-bond acceptors (Lipinski definition) is 9. The molecule has 15 heteroatoms. The van der Waals surface area contributed by atoms with Crippen molar-refractivity contribution < 1.29 is 69.5 Å². The molecule has 0 spiro atoms. The van der Waals surface area contributed by atoms with Gasteiger partial charge in [-0.05, 0) is 103 Å². The highest BCUT2D eigenvalue weighted by Gasteiger charge is 2.73. The maximum atomic E-state index is 14.3. The summed E-state index contributed by atoms with van der Waals surface area (Å²) in [6.45, 7) is 1.69. The van der Waals surface area contributed by atoms with E-state index in [2.05, 4.69) is 9.47 Å². The third-order valence-electron chi connectivity index (χ3n) is 7.44. The molecule has 0 bridgehead atoms. The molecule has 0 atom stereocenters. The van der Waals surface area contributed by atoms with E-state index in [0.29, 0.717) is 22.6 Å². The average Bonchev–Trinajstić information content (AvgIpc) is 3.10. The van der Waals surface area contributed by atoms with Crippen LogP contribution in [0.3, 0.4) is 0 Å². The second-order valence-electron chi connectivity index (χ2n) is 11.0. The van der Waals surface area contributed by atoms with Crippen LogP contribution in [0.1, 0.15) is 43.0 Å². The number of aryl methyl sites for hydroxylation is 2. The van der Waals surface area contributed by atoms with E-state index in [0.717, 1.165) is 12.1 Å². The van der Waals surface area contributed by atoms with Crippen LogP contribution < -0.4 is 14.2 Å². The van der Waals surface area contributed by atoms with Crippen molar-refractivity contribution in [2.24, 2.45) is 0 Å². The lowest BCUT2D eigenvalue weighted by Crippen LogP contribution is -2.56. The van der Waals surface area contributed by atoms with Crippen LogP contribution in [-0.4, -0.2) is 63.9 Å². The van der Waals surface area contributed by atoms with Gasteiger partial charge in [-0.25, -0.2) is 9.59 Å². The Morgan fingerprint density at radius 2 is 1.08 bits per heavy atom. The normalized spacial score (nSPS) is 11.5. The van der Waals surface area contributed by atoms with Crippen LogP contribution >= 0.6 is 0 Å². The SMILES string of the molecule is COC(=O)c1ccc(O)cc1.COC(=O)c1ccc(OCCOc2c(C)cc(C(OCc3ccc(OC)cc3)(C(F)(F)F)C(F)(F)F)cc2C)cc1. The van der Waals surface area contributed by atoms with Crippen molar-refractivity contribution in [1.29, 1.82) is 0 Å². The minimum atomic E-state index is -5.84. The largest absolute Gasteiger partial charge is 0.508 e. The third kappa shape index (κ3) is 10.1. The first kappa shape index (κ1) is 41.0. The maximum absolute atomic E-state index is 14.3. The molecular weight excluding hydrogens is 702 g/mol. The van der Waals surface area contributed by atoms with Gasteiger partial charge in [-0.2, -0.15) is 26.3 Å². The van der Waals surface area contributed by atoms with E-state index >= 15 is 0 Å². The van der Waals surface area contributed by atoms with Crippen LogP contribution in [0.2, 0.25) is 0 Å². The number of carbonyl (C=O) groups is 2. The molecule has 0 saturated carbocycles. The van der Waals surface area contributed by atoms with Crippen LogP contribution in [0.25, 0.3) is 0 Å². The Kier molecular flexibility index (Phi) is 13.9. The number of carbonyl (C=O) groups excluding carboxylic acids is 2. The molecule has 4 aromatic carbocycles. The Morgan fingerprint density at radius 3 is 1.52 bits per heavy atom. The van der Waals surface area contributed by atoms with Gasteiger partial charge in [0.05, 0.1) is 39.1 Å². The Bertz CT molecular complexity index is 1730. The van der Waals surface area contributed by atoms with Crippen LogP contribution in [0.5, 0.6) is 23.0 Å². The van der Waals surface area contributed by atoms with Crippen molar-refractivity contribution in [3.8, 4) is 23.0 Å². The Hall–Kier alpha value is -5.44. The number of rotatable bonds is 12. The number of aromatic hydroxyl groups is 1. The van der Waals surface area contributed by atoms with Gasteiger partial charge < -0.3 is 33.5 Å². The van der Waals surface area contributed by atoms with Gasteiger partial charge in [0.15, 0.2) is 0 Å². The lowest BCUT2D eigenvalue weighted by Gasteiger charge is -2.38. The lowest BCUT2D eigenvalue weighted by molar-refractivity contribution is -0.392. The van der Waals surface area contributed by atoms with Gasteiger partial charge >= 0.3 is 24.3 Å². The fourth-order valence-corrected chi connectivity index (χ4v) is 4.85. The number of esters is 2. The molecule has 4 rings (SSSR count). The Morgan fingerprint density at radius 1 is 0.635 bits per heavy atom. The summed E-state index contributed by atoms with van der Waals surface area (Å²) in [6, 6.07) is 18.9. The zero-order valence-corrected chi connectivity index (χ0v) is 28.7. The van der Waals surface area contributed by atoms with Gasteiger partial charge in [0.1, 0.15) is 36.2 Å². The zero-order valence-electron chi connectivity index (χ0n) is 28.7. The molecule has 0 radical (unpaired) electrons. The molecule has 0 aliphatic carbocycles. The number of alkyl halides is 6. The molecule has 9 nitrogen and oxygen atoms in total. The molecule has 280 valence electrons. The van der Waals surface area contributed by atoms with E-state index in [4.69, 9.17) is 24.1 Å². The number of methoxy groups -OCH3 is 3. The predicted octanol–water partition coefficient (Wildman–Crippen LogP) is 8.27. The van der Waals surface area contributed by atoms with Crippen molar-refractivity contribution in [1.82, 2.24) is 0 Å². The summed E-state index contributed by atoms with van der Waals surface area (Å²) in [5.41, 5.74) is -4.75. The molecule has 52 heavy (non-hydrogen) atoms. The first-order valence-corrected chi connectivity index (χ1v) is 15.3. The van der Waals surface area contributed by atoms with Crippen LogP contribution in [0.15, 0.2) is 84.9 Å². The topological polar surface area (TPSA) is 110 Å². The van der Waals surface area contributed by atoms with Gasteiger partial charge in [0, 0.05) is 5.56 Å². The third-order valence-corrected chi connectivity index (χ3v) is 7.44. The van der Waals surface area contributed by atoms with E-state index < -0.39 is 42.1 Å². The molecule has 4 aromatic rings. The smallest absolute Gasteiger partial charge is 0.430 e. The van der Waals surface area contributed by atoms with Crippen LogP contribution in [0.4, 0.5) is 26.3 Å². The molecule has 0 unspecified atom stereocenters. The van der Waals surface area contributed by atoms with Gasteiger partial charge in [-0.15, -0.1) is 0 Å². The summed E-state index contributed by atoms with van der Waals surface area (Å²) in [5.74, 6) is 0.143. The predicted molar refractivity (Wildman–Crippen MR) is 176 cm³/mol. The molecule has 0 aliphatic rings. The summed E-state index contributed by atoms with van der Waals surface area (Å²) in [7, 11) is 3.94. The zero-order chi connectivity index (χ0) is 38.7. The molecule has 0 heterocycles. The van der Waals surface area contributed by atoms with E-state index in [1.807, 2.05) is 0 Å². The van der Waals surface area contributed by atoms with Crippen LogP contribution in [0, 0.1) is 13.8 Å². The minimum absolute atomic E-state index is 0.0121. The second kappa shape index (κ2) is 17.7. The average molecular weight is 739 g/mol. The molecular formula is C37H36F6O9. The van der Waals surface area contributed by atoms with Gasteiger partial charge in [0.25, 0.3) is 5.60 Å². The van der Waals surface area contributed by atoms with Crippen molar-refractivity contribution in [3.05, 3.63) is 118 Å². The number of phenols is 1. The number of halogens is 6. The number of ether oxygens (including phenoxy) is 6. The Balaban J connectivity index is 0.000000564. The number of hydrogen-bond donors (Lipinski definition) is 1. The molecule has 1 N–H and O–H groups in total. The summed E-state index contributed by atoms with van der Waals surface area (Å²) in [4.78, 5) is 22.3. The molecule has 0 aromatic heterocycles. The highest BCUT2D eigenvalue weighted by Crippen LogP contribution is 2.54. The van der Waals surface area contributed by atoms with Crippen molar-refractivity contribution in [2.45, 2.75) is 38.4 Å². The molecule has 0 fully saturated rings. The first-order valence-electron chi connectivity index (χ1n) is 15.3. The van der Waals surface area contributed by atoms with E-state index in [1.54, 1.807) is 0 Å². The summed E-state index contributed by atoms with van der Waals surface area (Å²) >= 11 is 0.